The number of esters is 1. The number of anilines is 1. The molecule has 1 atom stereocenters. The van der Waals surface area contributed by atoms with Crippen LogP contribution in [-0.2, 0) is 14.3 Å². The molecule has 6 nitrogen and oxygen atoms in total. The summed E-state index contributed by atoms with van der Waals surface area (Å²) in [6.45, 7) is 2.16. The average molecular weight is 357 g/mol. The number of ether oxygens (including phenoxy) is 3. The fourth-order valence-electron chi connectivity index (χ4n) is 2.37. The summed E-state index contributed by atoms with van der Waals surface area (Å²) in [6.07, 6.45) is 0.682. The zero-order valence-corrected chi connectivity index (χ0v) is 15.2. The van der Waals surface area contributed by atoms with Gasteiger partial charge in [-0.2, -0.15) is 0 Å². The molecule has 2 aromatic carbocycles. The zero-order valence-electron chi connectivity index (χ0n) is 15.2. The molecular formula is C20H23NO5. The van der Waals surface area contributed by atoms with E-state index >= 15 is 0 Å². The normalized spacial score (nSPS) is 11.3. The van der Waals surface area contributed by atoms with Gasteiger partial charge in [-0.1, -0.05) is 19.1 Å². The van der Waals surface area contributed by atoms with E-state index in [4.69, 9.17) is 14.2 Å². The van der Waals surface area contributed by atoms with Crippen molar-refractivity contribution in [1.29, 1.82) is 0 Å². The first-order valence-electron chi connectivity index (χ1n) is 8.34. The topological polar surface area (TPSA) is 73.9 Å². The molecular weight excluding hydrogens is 334 g/mol. The van der Waals surface area contributed by atoms with Crippen LogP contribution in [0.1, 0.15) is 24.8 Å². The highest BCUT2D eigenvalue weighted by molar-refractivity contribution is 6.09. The molecule has 0 aliphatic carbocycles. The van der Waals surface area contributed by atoms with Gasteiger partial charge in [0, 0.05) is 5.69 Å². The van der Waals surface area contributed by atoms with E-state index in [2.05, 4.69) is 5.32 Å². The Balaban J connectivity index is 2.22. The van der Waals surface area contributed by atoms with Crippen molar-refractivity contribution in [1.82, 2.24) is 0 Å². The molecule has 0 saturated carbocycles. The molecule has 0 fully saturated rings. The number of nitrogens with one attached hydrogen (secondary N) is 1. The molecule has 0 spiro atoms. The second kappa shape index (κ2) is 9.46. The Morgan fingerprint density at radius 1 is 0.923 bits per heavy atom. The third-order valence-electron chi connectivity index (χ3n) is 3.75. The van der Waals surface area contributed by atoms with Gasteiger partial charge in [0.15, 0.2) is 5.92 Å². The molecule has 1 N–H and O–H groups in total. The SMILES string of the molecule is CCCOC(=O)C(C(=O)Nc1ccc(OC)cc1)c1ccc(OC)cc1. The van der Waals surface area contributed by atoms with Crippen LogP contribution in [0.5, 0.6) is 11.5 Å². The standard InChI is InChI=1S/C20H23NO5/c1-4-13-26-20(23)18(14-5-9-16(24-2)10-6-14)19(22)21-15-7-11-17(25-3)12-8-15/h5-12,18H,4,13H2,1-3H3,(H,21,22). The van der Waals surface area contributed by atoms with Crippen LogP contribution in [0.2, 0.25) is 0 Å². The molecule has 0 heterocycles. The van der Waals surface area contributed by atoms with Crippen LogP contribution in [0, 0.1) is 0 Å². The van der Waals surface area contributed by atoms with Gasteiger partial charge in [-0.15, -0.1) is 0 Å². The maximum Gasteiger partial charge on any atom is 0.323 e. The van der Waals surface area contributed by atoms with Crippen molar-refractivity contribution in [2.75, 3.05) is 26.1 Å². The largest absolute Gasteiger partial charge is 0.497 e. The van der Waals surface area contributed by atoms with E-state index in [1.54, 1.807) is 62.8 Å². The van der Waals surface area contributed by atoms with E-state index < -0.39 is 17.8 Å². The number of benzene rings is 2. The van der Waals surface area contributed by atoms with Crippen LogP contribution in [0.25, 0.3) is 0 Å². The highest BCUT2D eigenvalue weighted by atomic mass is 16.5. The molecule has 138 valence electrons. The van der Waals surface area contributed by atoms with Gasteiger partial charge in [-0.3, -0.25) is 9.59 Å². The van der Waals surface area contributed by atoms with Crippen molar-refractivity contribution in [2.45, 2.75) is 19.3 Å². The highest BCUT2D eigenvalue weighted by Crippen LogP contribution is 2.24. The van der Waals surface area contributed by atoms with Crippen LogP contribution in [0.4, 0.5) is 5.69 Å². The van der Waals surface area contributed by atoms with Gasteiger partial charge in [0.2, 0.25) is 5.91 Å². The number of hydrogen-bond donors (Lipinski definition) is 1. The van der Waals surface area contributed by atoms with Gasteiger partial charge < -0.3 is 19.5 Å². The molecule has 6 heteroatoms. The maximum absolute atomic E-state index is 12.8. The lowest BCUT2D eigenvalue weighted by Crippen LogP contribution is -2.29. The van der Waals surface area contributed by atoms with Gasteiger partial charge in [-0.25, -0.2) is 0 Å². The van der Waals surface area contributed by atoms with E-state index in [0.29, 0.717) is 29.2 Å². The van der Waals surface area contributed by atoms with E-state index in [-0.39, 0.29) is 6.61 Å². The Morgan fingerprint density at radius 3 is 1.96 bits per heavy atom. The van der Waals surface area contributed by atoms with Gasteiger partial charge >= 0.3 is 5.97 Å². The van der Waals surface area contributed by atoms with Crippen LogP contribution in [-0.4, -0.2) is 32.7 Å². The third kappa shape index (κ3) is 4.99. The number of carbonyl (C=O) groups excluding carboxylic acids is 2. The molecule has 1 unspecified atom stereocenters. The molecule has 26 heavy (non-hydrogen) atoms. The number of rotatable bonds is 8. The Labute approximate surface area is 153 Å². The first-order valence-corrected chi connectivity index (χ1v) is 8.34. The van der Waals surface area contributed by atoms with Gasteiger partial charge in [-0.05, 0) is 48.4 Å². The zero-order chi connectivity index (χ0) is 18.9. The van der Waals surface area contributed by atoms with E-state index in [1.807, 2.05) is 6.92 Å². The lowest BCUT2D eigenvalue weighted by atomic mass is 9.98. The Morgan fingerprint density at radius 2 is 1.46 bits per heavy atom. The summed E-state index contributed by atoms with van der Waals surface area (Å²) in [5.41, 5.74) is 1.11. The number of amides is 1. The Bertz CT molecular complexity index is 725. The van der Waals surface area contributed by atoms with Gasteiger partial charge in [0.1, 0.15) is 11.5 Å². The second-order valence-electron chi connectivity index (χ2n) is 5.59. The lowest BCUT2D eigenvalue weighted by Gasteiger charge is -2.17. The van der Waals surface area contributed by atoms with Crippen LogP contribution in [0.15, 0.2) is 48.5 Å². The minimum absolute atomic E-state index is 0.265. The van der Waals surface area contributed by atoms with Crippen LogP contribution >= 0.6 is 0 Å². The Kier molecular flexibility index (Phi) is 7.02. The minimum Gasteiger partial charge on any atom is -0.497 e. The van der Waals surface area contributed by atoms with Gasteiger partial charge in [0.05, 0.1) is 20.8 Å². The summed E-state index contributed by atoms with van der Waals surface area (Å²) in [7, 11) is 3.12. The second-order valence-corrected chi connectivity index (χ2v) is 5.59. The fourth-order valence-corrected chi connectivity index (χ4v) is 2.37. The van der Waals surface area contributed by atoms with Gasteiger partial charge in [0.25, 0.3) is 0 Å². The predicted molar refractivity (Wildman–Crippen MR) is 98.6 cm³/mol. The number of carbonyl (C=O) groups is 2. The molecule has 2 rings (SSSR count). The predicted octanol–water partition coefficient (Wildman–Crippen LogP) is 3.38. The summed E-state index contributed by atoms with van der Waals surface area (Å²) in [6, 6.07) is 13.7. The molecule has 2 aromatic rings. The molecule has 0 radical (unpaired) electrons. The first-order chi connectivity index (χ1) is 12.6. The molecule has 0 aliphatic heterocycles. The van der Waals surface area contributed by atoms with Crippen molar-refractivity contribution < 1.29 is 23.8 Å². The third-order valence-corrected chi connectivity index (χ3v) is 3.75. The van der Waals surface area contributed by atoms with E-state index in [1.165, 1.54) is 0 Å². The molecule has 1 amide bonds. The monoisotopic (exact) mass is 357 g/mol. The minimum atomic E-state index is -1.06. The summed E-state index contributed by atoms with van der Waals surface area (Å²) in [5.74, 6) is -0.777. The summed E-state index contributed by atoms with van der Waals surface area (Å²) < 4.78 is 15.4. The molecule has 0 aromatic heterocycles. The van der Waals surface area contributed by atoms with Crippen LogP contribution < -0.4 is 14.8 Å². The van der Waals surface area contributed by atoms with Crippen molar-refractivity contribution in [3.05, 3.63) is 54.1 Å². The molecule has 0 bridgehead atoms. The lowest BCUT2D eigenvalue weighted by molar-refractivity contribution is -0.147. The van der Waals surface area contributed by atoms with Crippen molar-refractivity contribution in [3.8, 4) is 11.5 Å². The van der Waals surface area contributed by atoms with Crippen molar-refractivity contribution in [3.63, 3.8) is 0 Å². The number of hydrogen-bond acceptors (Lipinski definition) is 5. The average Bonchev–Trinajstić information content (AvgIpc) is 2.67. The van der Waals surface area contributed by atoms with Crippen LogP contribution in [0.3, 0.4) is 0 Å². The Hall–Kier alpha value is -3.02. The molecule has 0 aliphatic rings. The molecule has 0 saturated heterocycles. The highest BCUT2D eigenvalue weighted by Gasteiger charge is 2.30. The smallest absolute Gasteiger partial charge is 0.323 e. The summed E-state index contributed by atoms with van der Waals surface area (Å²) in [4.78, 5) is 25.2. The fraction of sp³-hybridized carbons (Fsp3) is 0.300. The summed E-state index contributed by atoms with van der Waals surface area (Å²) in [5, 5.41) is 2.75. The van der Waals surface area contributed by atoms with Crippen molar-refractivity contribution >= 4 is 17.6 Å². The summed E-state index contributed by atoms with van der Waals surface area (Å²) >= 11 is 0. The maximum atomic E-state index is 12.8. The first kappa shape index (κ1) is 19.3. The van der Waals surface area contributed by atoms with Crippen molar-refractivity contribution in [2.24, 2.45) is 0 Å². The van der Waals surface area contributed by atoms with E-state index in [9.17, 15) is 9.59 Å². The quantitative estimate of drug-likeness (QED) is 0.579. The van der Waals surface area contributed by atoms with E-state index in [0.717, 1.165) is 0 Å². The number of methoxy groups -OCH3 is 2.